The minimum atomic E-state index is -0.536. The molecule has 0 fully saturated rings. The maximum atomic E-state index is 2.78. The van der Waals surface area contributed by atoms with E-state index in [0.29, 0.717) is 11.8 Å². The molecule has 0 atom stereocenters. The monoisotopic (exact) mass is 842 g/mol. The van der Waals surface area contributed by atoms with Gasteiger partial charge in [-0.3, -0.25) is 0 Å². The van der Waals surface area contributed by atoms with Crippen LogP contribution in [0, 0.1) is 13.8 Å². The van der Waals surface area contributed by atoms with Crippen molar-refractivity contribution in [1.82, 2.24) is 9.13 Å². The van der Waals surface area contributed by atoms with Crippen molar-refractivity contribution in [2.75, 3.05) is 0 Å². The summed E-state index contributed by atoms with van der Waals surface area (Å²) in [4.78, 5) is 0. The highest BCUT2D eigenvalue weighted by atomic mass is 15.1. The van der Waals surface area contributed by atoms with Crippen molar-refractivity contribution in [2.45, 2.75) is 58.8 Å². The molecular formula is C63H47BN2. The molecule has 2 aromatic heterocycles. The van der Waals surface area contributed by atoms with Gasteiger partial charge in [0.15, 0.2) is 0 Å². The molecule has 0 radical (unpaired) electrons. The lowest BCUT2D eigenvalue weighted by Gasteiger charge is -2.44. The van der Waals surface area contributed by atoms with E-state index in [9.17, 15) is 0 Å². The zero-order valence-corrected chi connectivity index (χ0v) is 38.2. The second-order valence-corrected chi connectivity index (χ2v) is 20.5. The average Bonchev–Trinajstić information content (AvgIpc) is 3.95. The van der Waals surface area contributed by atoms with Crippen molar-refractivity contribution in [1.29, 1.82) is 0 Å². The molecule has 1 aliphatic carbocycles. The van der Waals surface area contributed by atoms with Gasteiger partial charge in [0.05, 0.1) is 22.1 Å². The van der Waals surface area contributed by atoms with Gasteiger partial charge in [0.25, 0.3) is 6.71 Å². The van der Waals surface area contributed by atoms with Crippen molar-refractivity contribution >= 4 is 66.6 Å². The topological polar surface area (TPSA) is 9.86 Å². The fourth-order valence-corrected chi connectivity index (χ4v) is 13.5. The first-order valence-corrected chi connectivity index (χ1v) is 24.0. The predicted octanol–water partition coefficient (Wildman–Crippen LogP) is 13.9. The smallest absolute Gasteiger partial charge is 0.253 e. The summed E-state index contributed by atoms with van der Waals surface area (Å²) < 4.78 is 5.48. The number of aryl methyl sites for hydroxylation is 2. The Morgan fingerprint density at radius 1 is 0.455 bits per heavy atom. The Hall–Kier alpha value is -7.36. The minimum absolute atomic E-state index is 0.00487. The van der Waals surface area contributed by atoms with Crippen LogP contribution >= 0.6 is 0 Å². The van der Waals surface area contributed by atoms with Crippen LogP contribution in [0.2, 0.25) is 0 Å². The standard InChI is InChI=1S/C63H47BN2/c1-34(2)41-30-46-47-31-42(35(3)4)33-53-60(47)66-59(46)52(32-41)63(50-27-36(5)21-23-44(50)45-24-22-37(6)28-51(45)63)49-25-26-54-57(62(49)66)64(53)56-43-20-14-13-19-40(43)29-48-55(38-15-9-7-10-16-38)58(65(54)61(48)56)39-17-11-8-12-18-39/h7-35H,1-6H3. The molecule has 66 heavy (non-hydrogen) atoms. The summed E-state index contributed by atoms with van der Waals surface area (Å²) in [5.41, 5.74) is 29.2. The van der Waals surface area contributed by atoms with E-state index in [0.717, 1.165) is 0 Å². The van der Waals surface area contributed by atoms with E-state index in [1.54, 1.807) is 0 Å². The summed E-state index contributed by atoms with van der Waals surface area (Å²) >= 11 is 0. The van der Waals surface area contributed by atoms with Crippen LogP contribution in [0.25, 0.3) is 88.4 Å². The molecule has 2 nitrogen and oxygen atoms in total. The van der Waals surface area contributed by atoms with Crippen molar-refractivity contribution in [3.8, 4) is 44.9 Å². The largest absolute Gasteiger partial charge is 0.310 e. The van der Waals surface area contributed by atoms with Gasteiger partial charge in [-0.25, -0.2) is 0 Å². The molecule has 3 heteroatoms. The number of hydrogen-bond acceptors (Lipinski definition) is 0. The molecule has 0 bridgehead atoms. The highest BCUT2D eigenvalue weighted by molar-refractivity contribution is 7.01. The third-order valence-electron chi connectivity index (χ3n) is 16.3. The first-order chi connectivity index (χ1) is 32.2. The van der Waals surface area contributed by atoms with Crippen molar-refractivity contribution in [3.63, 3.8) is 0 Å². The van der Waals surface area contributed by atoms with E-state index < -0.39 is 5.41 Å². The molecule has 0 unspecified atom stereocenters. The number of nitrogens with zero attached hydrogens (tertiary/aromatic N) is 2. The molecule has 0 amide bonds. The van der Waals surface area contributed by atoms with E-state index in [4.69, 9.17) is 0 Å². The number of aromatic nitrogens is 2. The van der Waals surface area contributed by atoms with Gasteiger partial charge in [-0.1, -0.05) is 178 Å². The van der Waals surface area contributed by atoms with Gasteiger partial charge in [-0.05, 0) is 133 Å². The third kappa shape index (κ3) is 4.27. The van der Waals surface area contributed by atoms with Crippen LogP contribution in [0.4, 0.5) is 0 Å². The molecule has 0 saturated heterocycles. The van der Waals surface area contributed by atoms with Gasteiger partial charge < -0.3 is 9.13 Å². The predicted molar refractivity (Wildman–Crippen MR) is 279 cm³/mol. The maximum Gasteiger partial charge on any atom is 0.253 e. The third-order valence-corrected chi connectivity index (χ3v) is 16.3. The zero-order valence-electron chi connectivity index (χ0n) is 38.2. The number of fused-ring (bicyclic) bond motifs is 13. The molecule has 1 spiro atoms. The fraction of sp³-hybridized carbons (Fsp3) is 0.143. The van der Waals surface area contributed by atoms with Crippen LogP contribution < -0.4 is 16.4 Å². The SMILES string of the molecule is Cc1ccc2c(c1)C1(c3cc(C)ccc3-2)c2ccc3c4c2-n2c5c(cc(C(C)C)cc5c5cc(C(C)C)cc1c52)B4c1c2ccccc2cc2c(-c4ccccc4)c(-c4ccccc4)n-3c12. The van der Waals surface area contributed by atoms with E-state index in [1.165, 1.54) is 149 Å². The summed E-state index contributed by atoms with van der Waals surface area (Å²) in [5, 5.41) is 6.69. The first-order valence-electron chi connectivity index (χ1n) is 24.0. The Morgan fingerprint density at radius 2 is 1.08 bits per heavy atom. The molecule has 15 rings (SSSR count). The Balaban J connectivity index is 1.24. The van der Waals surface area contributed by atoms with Gasteiger partial charge in [0.1, 0.15) is 0 Å². The molecule has 3 aliphatic heterocycles. The minimum Gasteiger partial charge on any atom is -0.310 e. The maximum absolute atomic E-state index is 2.78. The van der Waals surface area contributed by atoms with E-state index in [2.05, 4.69) is 214 Å². The van der Waals surface area contributed by atoms with Gasteiger partial charge >= 0.3 is 0 Å². The lowest BCUT2D eigenvalue weighted by atomic mass is 9.33. The lowest BCUT2D eigenvalue weighted by molar-refractivity contribution is 0.742. The van der Waals surface area contributed by atoms with Gasteiger partial charge in [0, 0.05) is 38.6 Å². The highest BCUT2D eigenvalue weighted by Gasteiger charge is 2.55. The molecule has 5 heterocycles. The van der Waals surface area contributed by atoms with Crippen LogP contribution in [-0.4, -0.2) is 15.8 Å². The summed E-state index contributed by atoms with van der Waals surface area (Å²) in [6, 6.07) is 64.1. The molecular weight excluding hydrogens is 796 g/mol. The van der Waals surface area contributed by atoms with Crippen LogP contribution in [0.15, 0.2) is 164 Å². The Labute approximate surface area is 385 Å². The molecule has 11 aromatic rings. The van der Waals surface area contributed by atoms with Gasteiger partial charge in [-0.2, -0.15) is 0 Å². The lowest BCUT2D eigenvalue weighted by Crippen LogP contribution is -2.60. The van der Waals surface area contributed by atoms with Gasteiger partial charge in [-0.15, -0.1) is 0 Å². The molecule has 312 valence electrons. The zero-order chi connectivity index (χ0) is 44.1. The van der Waals surface area contributed by atoms with Crippen molar-refractivity contribution < 1.29 is 0 Å². The average molecular weight is 843 g/mol. The highest BCUT2D eigenvalue weighted by Crippen LogP contribution is 2.62. The summed E-state index contributed by atoms with van der Waals surface area (Å²) in [6.45, 7) is 14.1. The number of benzene rings is 9. The summed E-state index contributed by atoms with van der Waals surface area (Å²) in [5.74, 6) is 0.711. The van der Waals surface area contributed by atoms with E-state index >= 15 is 0 Å². The summed E-state index contributed by atoms with van der Waals surface area (Å²) in [7, 11) is 0. The van der Waals surface area contributed by atoms with Crippen molar-refractivity contribution in [3.05, 3.63) is 208 Å². The Morgan fingerprint density at radius 3 is 1.76 bits per heavy atom. The Bertz CT molecular complexity index is 3960. The first kappa shape index (κ1) is 36.9. The summed E-state index contributed by atoms with van der Waals surface area (Å²) in [6.07, 6.45) is 0. The molecule has 0 N–H and O–H groups in total. The van der Waals surface area contributed by atoms with E-state index in [1.807, 2.05) is 0 Å². The normalized spacial score (nSPS) is 14.3. The molecule has 9 aromatic carbocycles. The fourth-order valence-electron chi connectivity index (χ4n) is 13.5. The number of rotatable bonds is 4. The van der Waals surface area contributed by atoms with E-state index in [-0.39, 0.29) is 6.71 Å². The number of hydrogen-bond donors (Lipinski definition) is 0. The van der Waals surface area contributed by atoms with Crippen LogP contribution in [0.1, 0.15) is 84.0 Å². The second-order valence-electron chi connectivity index (χ2n) is 20.5. The van der Waals surface area contributed by atoms with Crippen LogP contribution in [0.3, 0.4) is 0 Å². The van der Waals surface area contributed by atoms with Crippen molar-refractivity contribution in [2.24, 2.45) is 0 Å². The van der Waals surface area contributed by atoms with Crippen LogP contribution in [-0.2, 0) is 5.41 Å². The van der Waals surface area contributed by atoms with Gasteiger partial charge in [0.2, 0.25) is 0 Å². The van der Waals surface area contributed by atoms with Crippen LogP contribution in [0.5, 0.6) is 0 Å². The quantitative estimate of drug-likeness (QED) is 0.156. The molecule has 0 saturated carbocycles. The second kappa shape index (κ2) is 12.5. The molecule has 4 aliphatic rings. The Kier molecular flexibility index (Phi) is 6.99.